The van der Waals surface area contributed by atoms with Crippen molar-refractivity contribution < 1.29 is 22.7 Å². The summed E-state index contributed by atoms with van der Waals surface area (Å²) in [5, 5.41) is 4.77. The summed E-state index contributed by atoms with van der Waals surface area (Å²) in [5.41, 5.74) is 0.694. The fourth-order valence-corrected chi connectivity index (χ4v) is 3.27. The number of halogens is 4. The average Bonchev–Trinajstić information content (AvgIpc) is 3.07. The van der Waals surface area contributed by atoms with Gasteiger partial charge < -0.3 is 9.57 Å². The van der Waals surface area contributed by atoms with Crippen molar-refractivity contribution in [1.82, 2.24) is 4.98 Å². The van der Waals surface area contributed by atoms with Crippen molar-refractivity contribution in [1.29, 1.82) is 0 Å². The molecule has 0 saturated heterocycles. The summed E-state index contributed by atoms with van der Waals surface area (Å²) in [4.78, 5) is 9.76. The molecule has 1 unspecified atom stereocenters. The Morgan fingerprint density at radius 2 is 1.93 bits per heavy atom. The molecule has 0 radical (unpaired) electrons. The maximum absolute atomic E-state index is 12.9. The molecule has 138 valence electrons. The summed E-state index contributed by atoms with van der Waals surface area (Å²) >= 11 is 3.31. The lowest BCUT2D eigenvalue weighted by atomic mass is 10.0. The Bertz CT molecular complexity index is 1040. The fourth-order valence-electron chi connectivity index (χ4n) is 2.90. The van der Waals surface area contributed by atoms with E-state index in [0.717, 1.165) is 23.1 Å². The van der Waals surface area contributed by atoms with E-state index in [0.29, 0.717) is 22.3 Å². The zero-order chi connectivity index (χ0) is 19.0. The van der Waals surface area contributed by atoms with Crippen molar-refractivity contribution in [2.75, 3.05) is 0 Å². The normalized spacial score (nSPS) is 16.9. The predicted octanol–water partition coefficient (Wildman–Crippen LogP) is 6.22. The summed E-state index contributed by atoms with van der Waals surface area (Å²) in [7, 11) is 0. The number of fused-ring (bicyclic) bond motifs is 1. The molecule has 3 aromatic rings. The minimum Gasteiger partial charge on any atom is -0.457 e. The van der Waals surface area contributed by atoms with Crippen LogP contribution in [0.3, 0.4) is 0 Å². The van der Waals surface area contributed by atoms with Crippen molar-refractivity contribution in [2.45, 2.75) is 18.7 Å². The lowest BCUT2D eigenvalue weighted by molar-refractivity contribution is -0.137. The van der Waals surface area contributed by atoms with Crippen LogP contribution in [0.4, 0.5) is 13.2 Å². The number of nitrogens with zero attached hydrogens (tertiary/aromatic N) is 2. The van der Waals surface area contributed by atoms with Crippen LogP contribution in [0.1, 0.15) is 23.7 Å². The second-order valence-electron chi connectivity index (χ2n) is 5.98. The van der Waals surface area contributed by atoms with Crippen LogP contribution in [0.15, 0.2) is 59.9 Å². The molecule has 0 bridgehead atoms. The molecule has 8 heteroatoms. The molecule has 2 heterocycles. The Balaban J connectivity index is 1.73. The highest BCUT2D eigenvalue weighted by molar-refractivity contribution is 9.18. The van der Waals surface area contributed by atoms with Gasteiger partial charge >= 0.3 is 6.18 Å². The number of rotatable bonds is 3. The Hall–Kier alpha value is -2.61. The van der Waals surface area contributed by atoms with E-state index in [1.165, 1.54) is 12.1 Å². The topological polar surface area (TPSA) is 43.7 Å². The quantitative estimate of drug-likeness (QED) is 0.489. The largest absolute Gasteiger partial charge is 0.457 e. The van der Waals surface area contributed by atoms with Gasteiger partial charge in [0.05, 0.1) is 11.1 Å². The maximum atomic E-state index is 12.9. The van der Waals surface area contributed by atoms with Gasteiger partial charge in [0.2, 0.25) is 0 Å². The molecular formula is C19H12BrF3N2O2. The van der Waals surface area contributed by atoms with Gasteiger partial charge in [-0.3, -0.25) is 4.98 Å². The number of aromatic nitrogens is 1. The fraction of sp³-hybridized carbons (Fsp3) is 0.158. The summed E-state index contributed by atoms with van der Waals surface area (Å²) < 4.78 is 45.2. The van der Waals surface area contributed by atoms with Crippen molar-refractivity contribution in [3.63, 3.8) is 0 Å². The standard InChI is InChI=1S/C19H12BrF3N2O2/c20-18-10-17(27-25-18)15-8-13(9-16-14(15)5-2-6-24-16)26-12-4-1-3-11(7-12)19(21,22)23/h1-9,17H,10H2. The van der Waals surface area contributed by atoms with Gasteiger partial charge in [-0.1, -0.05) is 17.3 Å². The van der Waals surface area contributed by atoms with Crippen molar-refractivity contribution in [3.05, 3.63) is 65.9 Å². The van der Waals surface area contributed by atoms with Gasteiger partial charge in [0, 0.05) is 29.6 Å². The second-order valence-corrected chi connectivity index (χ2v) is 6.89. The van der Waals surface area contributed by atoms with Crippen LogP contribution in [-0.2, 0) is 11.0 Å². The number of hydrogen-bond acceptors (Lipinski definition) is 4. The molecule has 4 nitrogen and oxygen atoms in total. The molecule has 1 aliphatic rings. The highest BCUT2D eigenvalue weighted by atomic mass is 79.9. The molecule has 0 spiro atoms. The monoisotopic (exact) mass is 436 g/mol. The first-order valence-electron chi connectivity index (χ1n) is 8.02. The van der Waals surface area contributed by atoms with E-state index in [9.17, 15) is 13.2 Å². The van der Waals surface area contributed by atoms with E-state index in [-0.39, 0.29) is 11.9 Å². The van der Waals surface area contributed by atoms with E-state index in [1.54, 1.807) is 18.3 Å². The number of hydrogen-bond donors (Lipinski definition) is 0. The van der Waals surface area contributed by atoms with Gasteiger partial charge in [0.15, 0.2) is 6.10 Å². The van der Waals surface area contributed by atoms with E-state index in [1.807, 2.05) is 12.1 Å². The number of oxime groups is 1. The minimum absolute atomic E-state index is 0.0934. The summed E-state index contributed by atoms with van der Waals surface area (Å²) in [6, 6.07) is 11.9. The third kappa shape index (κ3) is 3.75. The minimum atomic E-state index is -4.43. The maximum Gasteiger partial charge on any atom is 0.416 e. The number of ether oxygens (including phenoxy) is 1. The Morgan fingerprint density at radius 1 is 1.07 bits per heavy atom. The van der Waals surface area contributed by atoms with E-state index in [4.69, 9.17) is 9.57 Å². The molecule has 1 aromatic heterocycles. The second kappa shape index (κ2) is 6.84. The third-order valence-corrected chi connectivity index (χ3v) is 4.57. The number of pyridine rings is 1. The van der Waals surface area contributed by atoms with Crippen LogP contribution in [0, 0.1) is 0 Å². The van der Waals surface area contributed by atoms with E-state index < -0.39 is 11.7 Å². The SMILES string of the molecule is FC(F)(F)c1cccc(Oc2cc(C3CC(Br)=NO3)c3cccnc3c2)c1. The summed E-state index contributed by atoms with van der Waals surface area (Å²) in [5.74, 6) is 0.470. The van der Waals surface area contributed by atoms with Crippen LogP contribution >= 0.6 is 15.9 Å². The first kappa shape index (κ1) is 17.8. The van der Waals surface area contributed by atoms with Gasteiger partial charge in [0.25, 0.3) is 0 Å². The van der Waals surface area contributed by atoms with Crippen LogP contribution in [0.5, 0.6) is 11.5 Å². The Kier molecular flexibility index (Phi) is 4.51. The van der Waals surface area contributed by atoms with Gasteiger partial charge in [0.1, 0.15) is 16.1 Å². The molecule has 0 aliphatic carbocycles. The number of benzene rings is 2. The smallest absolute Gasteiger partial charge is 0.416 e. The highest BCUT2D eigenvalue weighted by Crippen LogP contribution is 2.38. The summed E-state index contributed by atoms with van der Waals surface area (Å²) in [6.45, 7) is 0. The van der Waals surface area contributed by atoms with Crippen LogP contribution in [-0.4, -0.2) is 9.60 Å². The first-order chi connectivity index (χ1) is 12.9. The van der Waals surface area contributed by atoms with Crippen molar-refractivity contribution >= 4 is 31.5 Å². The molecular weight excluding hydrogens is 425 g/mol. The molecule has 0 amide bonds. The van der Waals surface area contributed by atoms with Crippen molar-refractivity contribution in [2.24, 2.45) is 5.16 Å². The lowest BCUT2D eigenvalue weighted by Gasteiger charge is -2.15. The first-order valence-corrected chi connectivity index (χ1v) is 8.81. The van der Waals surface area contributed by atoms with E-state index >= 15 is 0 Å². The van der Waals surface area contributed by atoms with Crippen LogP contribution < -0.4 is 4.74 Å². The van der Waals surface area contributed by atoms with Gasteiger partial charge in [-0.05, 0) is 46.3 Å². The Labute approximate surface area is 160 Å². The van der Waals surface area contributed by atoms with Gasteiger partial charge in [-0.25, -0.2) is 0 Å². The zero-order valence-electron chi connectivity index (χ0n) is 13.7. The van der Waals surface area contributed by atoms with Gasteiger partial charge in [-0.2, -0.15) is 13.2 Å². The molecule has 1 aliphatic heterocycles. The molecule has 2 aromatic carbocycles. The van der Waals surface area contributed by atoms with E-state index in [2.05, 4.69) is 26.1 Å². The molecule has 27 heavy (non-hydrogen) atoms. The predicted molar refractivity (Wildman–Crippen MR) is 98.1 cm³/mol. The van der Waals surface area contributed by atoms with Gasteiger partial charge in [-0.15, -0.1) is 0 Å². The Morgan fingerprint density at radius 3 is 2.67 bits per heavy atom. The van der Waals surface area contributed by atoms with Crippen LogP contribution in [0.25, 0.3) is 10.9 Å². The number of alkyl halides is 3. The molecule has 0 saturated carbocycles. The summed E-state index contributed by atoms with van der Waals surface area (Å²) in [6.07, 6.45) is -2.56. The average molecular weight is 437 g/mol. The molecule has 4 rings (SSSR count). The highest BCUT2D eigenvalue weighted by Gasteiger charge is 2.30. The zero-order valence-corrected chi connectivity index (χ0v) is 15.3. The van der Waals surface area contributed by atoms with Crippen molar-refractivity contribution in [3.8, 4) is 11.5 Å². The molecule has 0 N–H and O–H groups in total. The molecule has 0 fully saturated rings. The molecule has 1 atom stereocenters. The van der Waals surface area contributed by atoms with Crippen LogP contribution in [0.2, 0.25) is 0 Å². The lowest BCUT2D eigenvalue weighted by Crippen LogP contribution is -2.04. The third-order valence-electron chi connectivity index (χ3n) is 4.10.